The Labute approximate surface area is 97.6 Å². The van der Waals surface area contributed by atoms with Crippen LogP contribution in [0.1, 0.15) is 13.8 Å². The molecule has 1 unspecified atom stereocenters. The van der Waals surface area contributed by atoms with Gasteiger partial charge in [-0.05, 0) is 41.9 Å². The van der Waals surface area contributed by atoms with Crippen LogP contribution in [0.15, 0.2) is 22.7 Å². The van der Waals surface area contributed by atoms with Gasteiger partial charge in [-0.2, -0.15) is 0 Å². The van der Waals surface area contributed by atoms with Gasteiger partial charge >= 0.3 is 0 Å². The topological polar surface area (TPSA) is 32.3 Å². The summed E-state index contributed by atoms with van der Waals surface area (Å²) in [4.78, 5) is 13.7. The highest BCUT2D eigenvalue weighted by Crippen LogP contribution is 2.36. The van der Waals surface area contributed by atoms with Gasteiger partial charge in [-0.3, -0.25) is 4.79 Å². The number of para-hydroxylation sites is 1. The summed E-state index contributed by atoms with van der Waals surface area (Å²) in [6, 6.07) is 5.72. The number of nitrogens with one attached hydrogen (secondary N) is 1. The molecule has 1 aromatic carbocycles. The fourth-order valence-corrected chi connectivity index (χ4v) is 2.31. The van der Waals surface area contributed by atoms with Crippen LogP contribution in [-0.4, -0.2) is 18.5 Å². The molecule has 1 N–H and O–H groups in total. The molecular formula is C11H13BrN2O. The molecule has 80 valence electrons. The first-order chi connectivity index (χ1) is 7.15. The normalized spacial score (nSPS) is 19.8. The number of anilines is 2. The van der Waals surface area contributed by atoms with Gasteiger partial charge in [0.15, 0.2) is 0 Å². The molecule has 0 saturated heterocycles. The minimum absolute atomic E-state index is 0.128. The highest BCUT2D eigenvalue weighted by atomic mass is 79.9. The van der Waals surface area contributed by atoms with Crippen LogP contribution in [0, 0.1) is 0 Å². The number of rotatable bonds is 1. The Bertz CT molecular complexity index is 406. The smallest absolute Gasteiger partial charge is 0.249 e. The lowest BCUT2D eigenvalue weighted by Gasteiger charge is -2.33. The lowest BCUT2D eigenvalue weighted by molar-refractivity contribution is -0.119. The standard InChI is InChI=1S/C11H13BrN2O/c1-3-14-9-6-4-5-8(12)10(9)13-7(2)11(14)15/h4-7,13H,3H2,1-2H3. The summed E-state index contributed by atoms with van der Waals surface area (Å²) in [7, 11) is 0. The molecule has 15 heavy (non-hydrogen) atoms. The number of carbonyl (C=O) groups is 1. The lowest BCUT2D eigenvalue weighted by Crippen LogP contribution is -2.45. The molecule has 1 amide bonds. The van der Waals surface area contributed by atoms with E-state index in [0.29, 0.717) is 6.54 Å². The number of fused-ring (bicyclic) bond motifs is 1. The molecule has 0 aromatic heterocycles. The van der Waals surface area contributed by atoms with Crippen LogP contribution in [0.5, 0.6) is 0 Å². The van der Waals surface area contributed by atoms with Crippen molar-refractivity contribution in [3.05, 3.63) is 22.7 Å². The largest absolute Gasteiger partial charge is 0.371 e. The summed E-state index contributed by atoms with van der Waals surface area (Å²) in [5.41, 5.74) is 1.96. The molecule has 4 heteroatoms. The second kappa shape index (κ2) is 3.85. The van der Waals surface area contributed by atoms with E-state index in [9.17, 15) is 4.79 Å². The molecule has 1 atom stereocenters. The fourth-order valence-electron chi connectivity index (χ4n) is 1.84. The molecule has 3 nitrogen and oxygen atoms in total. The highest BCUT2D eigenvalue weighted by Gasteiger charge is 2.29. The summed E-state index contributed by atoms with van der Waals surface area (Å²) in [6.07, 6.45) is 0. The summed E-state index contributed by atoms with van der Waals surface area (Å²) < 4.78 is 0.998. The minimum Gasteiger partial charge on any atom is -0.371 e. The number of hydrogen-bond donors (Lipinski definition) is 1. The molecule has 0 bridgehead atoms. The third-order valence-corrected chi connectivity index (χ3v) is 3.26. The van der Waals surface area contributed by atoms with E-state index in [4.69, 9.17) is 0 Å². The van der Waals surface area contributed by atoms with Crippen molar-refractivity contribution >= 4 is 33.2 Å². The third-order valence-electron chi connectivity index (χ3n) is 2.60. The summed E-state index contributed by atoms with van der Waals surface area (Å²) >= 11 is 3.49. The van der Waals surface area contributed by atoms with Crippen LogP contribution in [0.2, 0.25) is 0 Å². The van der Waals surface area contributed by atoms with Gasteiger partial charge in [0.05, 0.1) is 11.4 Å². The minimum atomic E-state index is -0.156. The van der Waals surface area contributed by atoms with Crippen LogP contribution in [0.4, 0.5) is 11.4 Å². The predicted molar refractivity (Wildman–Crippen MR) is 65.3 cm³/mol. The van der Waals surface area contributed by atoms with Crippen molar-refractivity contribution in [2.24, 2.45) is 0 Å². The Hall–Kier alpha value is -1.03. The molecule has 1 heterocycles. The van der Waals surface area contributed by atoms with Crippen molar-refractivity contribution < 1.29 is 4.79 Å². The molecule has 2 rings (SSSR count). The zero-order valence-electron chi connectivity index (χ0n) is 8.75. The Balaban J connectivity index is 2.54. The number of amides is 1. The summed E-state index contributed by atoms with van der Waals surface area (Å²) in [6.45, 7) is 4.57. The average molecular weight is 269 g/mol. The van der Waals surface area contributed by atoms with Crippen molar-refractivity contribution in [2.75, 3.05) is 16.8 Å². The maximum atomic E-state index is 11.9. The van der Waals surface area contributed by atoms with Crippen molar-refractivity contribution in [3.8, 4) is 0 Å². The van der Waals surface area contributed by atoms with Gasteiger partial charge in [0.2, 0.25) is 5.91 Å². The van der Waals surface area contributed by atoms with E-state index in [2.05, 4.69) is 21.2 Å². The molecule has 0 spiro atoms. The SMILES string of the molecule is CCN1C(=O)C(C)Nc2c(Br)cccc21. The van der Waals surface area contributed by atoms with Crippen molar-refractivity contribution in [1.29, 1.82) is 0 Å². The van der Waals surface area contributed by atoms with Crippen molar-refractivity contribution in [3.63, 3.8) is 0 Å². The van der Waals surface area contributed by atoms with Gasteiger partial charge in [-0.15, -0.1) is 0 Å². The Morgan fingerprint density at radius 3 is 2.93 bits per heavy atom. The van der Waals surface area contributed by atoms with Gasteiger partial charge in [0.25, 0.3) is 0 Å². The highest BCUT2D eigenvalue weighted by molar-refractivity contribution is 9.10. The van der Waals surface area contributed by atoms with Gasteiger partial charge in [-0.25, -0.2) is 0 Å². The molecule has 1 aliphatic heterocycles. The number of nitrogens with zero attached hydrogens (tertiary/aromatic N) is 1. The predicted octanol–water partition coefficient (Wildman–Crippen LogP) is 2.62. The van der Waals surface area contributed by atoms with Crippen LogP contribution in [0.25, 0.3) is 0 Å². The lowest BCUT2D eigenvalue weighted by atomic mass is 10.1. The molecule has 0 radical (unpaired) electrons. The van der Waals surface area contributed by atoms with E-state index in [1.807, 2.05) is 32.0 Å². The first kappa shape index (κ1) is 10.5. The maximum absolute atomic E-state index is 11.9. The molecular weight excluding hydrogens is 256 g/mol. The van der Waals surface area contributed by atoms with E-state index < -0.39 is 0 Å². The van der Waals surface area contributed by atoms with Gasteiger partial charge < -0.3 is 10.2 Å². The van der Waals surface area contributed by atoms with Crippen LogP contribution in [0.3, 0.4) is 0 Å². The number of benzene rings is 1. The number of hydrogen-bond acceptors (Lipinski definition) is 2. The van der Waals surface area contributed by atoms with Crippen molar-refractivity contribution in [1.82, 2.24) is 0 Å². The van der Waals surface area contributed by atoms with E-state index >= 15 is 0 Å². The van der Waals surface area contributed by atoms with E-state index in [-0.39, 0.29) is 11.9 Å². The second-order valence-electron chi connectivity index (χ2n) is 3.58. The summed E-state index contributed by atoms with van der Waals surface area (Å²) in [5.74, 6) is 0.128. The Morgan fingerprint density at radius 2 is 2.27 bits per heavy atom. The number of likely N-dealkylation sites (N-methyl/N-ethyl adjacent to an activating group) is 1. The van der Waals surface area contributed by atoms with Crippen LogP contribution < -0.4 is 10.2 Å². The molecule has 0 fully saturated rings. The average Bonchev–Trinajstić information content (AvgIpc) is 2.22. The molecule has 1 aliphatic rings. The number of halogens is 1. The molecule has 1 aromatic rings. The van der Waals surface area contributed by atoms with Crippen LogP contribution in [-0.2, 0) is 4.79 Å². The monoisotopic (exact) mass is 268 g/mol. The fraction of sp³-hybridized carbons (Fsp3) is 0.364. The zero-order chi connectivity index (χ0) is 11.0. The zero-order valence-corrected chi connectivity index (χ0v) is 10.3. The first-order valence-electron chi connectivity index (χ1n) is 5.01. The quantitative estimate of drug-likeness (QED) is 0.850. The Kier molecular flexibility index (Phi) is 2.69. The van der Waals surface area contributed by atoms with Crippen molar-refractivity contribution in [2.45, 2.75) is 19.9 Å². The van der Waals surface area contributed by atoms with E-state index in [1.54, 1.807) is 4.90 Å². The van der Waals surface area contributed by atoms with Gasteiger partial charge in [0.1, 0.15) is 6.04 Å². The number of carbonyl (C=O) groups excluding carboxylic acids is 1. The molecule has 0 aliphatic carbocycles. The second-order valence-corrected chi connectivity index (χ2v) is 4.44. The van der Waals surface area contributed by atoms with E-state index in [0.717, 1.165) is 15.8 Å². The van der Waals surface area contributed by atoms with Gasteiger partial charge in [0, 0.05) is 11.0 Å². The third kappa shape index (κ3) is 1.63. The van der Waals surface area contributed by atoms with E-state index in [1.165, 1.54) is 0 Å². The first-order valence-corrected chi connectivity index (χ1v) is 5.81. The summed E-state index contributed by atoms with van der Waals surface area (Å²) in [5, 5.41) is 3.20. The maximum Gasteiger partial charge on any atom is 0.249 e. The van der Waals surface area contributed by atoms with Gasteiger partial charge in [-0.1, -0.05) is 6.07 Å². The van der Waals surface area contributed by atoms with Crippen LogP contribution >= 0.6 is 15.9 Å². The Morgan fingerprint density at radius 1 is 1.53 bits per heavy atom. The molecule has 0 saturated carbocycles.